The topological polar surface area (TPSA) is 64.1 Å². The normalized spacial score (nSPS) is 10.8. The van der Waals surface area contributed by atoms with Crippen LogP contribution in [0.15, 0.2) is 91.1 Å². The molecule has 0 aliphatic carbocycles. The van der Waals surface area contributed by atoms with Gasteiger partial charge in [0.1, 0.15) is 26.9 Å². The zero-order chi connectivity index (χ0) is 21.9. The second-order valence-electron chi connectivity index (χ2n) is 7.19. The first-order chi connectivity index (χ1) is 15.7. The van der Waals surface area contributed by atoms with E-state index in [1.807, 2.05) is 79.7 Å². The number of anilines is 1. The molecule has 156 valence electrons. The summed E-state index contributed by atoms with van der Waals surface area (Å²) in [4.78, 5) is 23.1. The zero-order valence-corrected chi connectivity index (χ0v) is 18.1. The SMILES string of the molecule is Cc1c(NC(=O)c2ccccc2Oc2ccccc2)cccc1-c1nc2cccnc2s1. The van der Waals surface area contributed by atoms with Crippen LogP contribution in [0.25, 0.3) is 20.9 Å². The highest BCUT2D eigenvalue weighted by Crippen LogP contribution is 2.34. The molecule has 0 aliphatic heterocycles. The number of hydrogen-bond acceptors (Lipinski definition) is 5. The van der Waals surface area contributed by atoms with Crippen molar-refractivity contribution in [3.63, 3.8) is 0 Å². The summed E-state index contributed by atoms with van der Waals surface area (Å²) in [5, 5.41) is 3.91. The van der Waals surface area contributed by atoms with E-state index in [-0.39, 0.29) is 5.91 Å². The molecule has 32 heavy (non-hydrogen) atoms. The fourth-order valence-electron chi connectivity index (χ4n) is 3.44. The van der Waals surface area contributed by atoms with Crippen molar-refractivity contribution in [3.8, 4) is 22.1 Å². The zero-order valence-electron chi connectivity index (χ0n) is 17.3. The van der Waals surface area contributed by atoms with Crippen molar-refractivity contribution in [2.75, 3.05) is 5.32 Å². The molecule has 2 aromatic heterocycles. The first kappa shape index (κ1) is 19.9. The van der Waals surface area contributed by atoms with E-state index in [0.717, 1.165) is 32.2 Å². The minimum Gasteiger partial charge on any atom is -0.457 e. The smallest absolute Gasteiger partial charge is 0.259 e. The van der Waals surface area contributed by atoms with Gasteiger partial charge in [-0.25, -0.2) is 9.97 Å². The van der Waals surface area contributed by atoms with Gasteiger partial charge in [0.2, 0.25) is 0 Å². The van der Waals surface area contributed by atoms with Crippen molar-refractivity contribution in [2.24, 2.45) is 0 Å². The van der Waals surface area contributed by atoms with E-state index in [4.69, 9.17) is 9.72 Å². The lowest BCUT2D eigenvalue weighted by Gasteiger charge is -2.14. The van der Waals surface area contributed by atoms with Crippen molar-refractivity contribution >= 4 is 33.3 Å². The molecular weight excluding hydrogens is 418 g/mol. The second kappa shape index (κ2) is 8.61. The quantitative estimate of drug-likeness (QED) is 0.332. The molecule has 0 saturated heterocycles. The third-order valence-corrected chi connectivity index (χ3v) is 6.09. The molecule has 1 amide bonds. The van der Waals surface area contributed by atoms with Crippen molar-refractivity contribution in [2.45, 2.75) is 6.92 Å². The molecular formula is C26H19N3O2S. The van der Waals surface area contributed by atoms with Crippen LogP contribution in [0.3, 0.4) is 0 Å². The summed E-state index contributed by atoms with van der Waals surface area (Å²) in [7, 11) is 0. The molecule has 5 nitrogen and oxygen atoms in total. The first-order valence-electron chi connectivity index (χ1n) is 10.1. The maximum atomic E-state index is 13.2. The van der Waals surface area contributed by atoms with Crippen LogP contribution in [0.1, 0.15) is 15.9 Å². The molecule has 5 aromatic rings. The molecule has 0 saturated carbocycles. The largest absolute Gasteiger partial charge is 0.457 e. The summed E-state index contributed by atoms with van der Waals surface area (Å²) >= 11 is 1.54. The van der Waals surface area contributed by atoms with Crippen LogP contribution in [-0.2, 0) is 0 Å². The number of rotatable bonds is 5. The number of aromatic nitrogens is 2. The van der Waals surface area contributed by atoms with Gasteiger partial charge in [0, 0.05) is 17.4 Å². The number of thiazole rings is 1. The number of ether oxygens (including phenoxy) is 1. The monoisotopic (exact) mass is 437 g/mol. The van der Waals surface area contributed by atoms with Gasteiger partial charge in [0.25, 0.3) is 5.91 Å². The van der Waals surface area contributed by atoms with Crippen LogP contribution in [0, 0.1) is 6.92 Å². The highest BCUT2D eigenvalue weighted by atomic mass is 32.1. The fraction of sp³-hybridized carbons (Fsp3) is 0.0385. The van der Waals surface area contributed by atoms with Gasteiger partial charge in [0.15, 0.2) is 0 Å². The molecule has 5 rings (SSSR count). The Kier molecular flexibility index (Phi) is 5.35. The molecule has 0 spiro atoms. The van der Waals surface area contributed by atoms with Crippen molar-refractivity contribution in [3.05, 3.63) is 102 Å². The predicted molar refractivity (Wildman–Crippen MR) is 128 cm³/mol. The number of nitrogens with one attached hydrogen (secondary N) is 1. The highest BCUT2D eigenvalue weighted by Gasteiger charge is 2.16. The van der Waals surface area contributed by atoms with Gasteiger partial charge >= 0.3 is 0 Å². The number of carbonyl (C=O) groups excluding carboxylic acids is 1. The van der Waals surface area contributed by atoms with Crippen molar-refractivity contribution in [1.29, 1.82) is 0 Å². The summed E-state index contributed by atoms with van der Waals surface area (Å²) in [6.07, 6.45) is 1.77. The first-order valence-corrected chi connectivity index (χ1v) is 11.0. The van der Waals surface area contributed by atoms with E-state index in [2.05, 4.69) is 10.3 Å². The Morgan fingerprint density at radius 1 is 0.906 bits per heavy atom. The Balaban J connectivity index is 1.44. The Morgan fingerprint density at radius 3 is 2.56 bits per heavy atom. The van der Waals surface area contributed by atoms with Crippen molar-refractivity contribution in [1.82, 2.24) is 9.97 Å². The molecule has 0 bridgehead atoms. The van der Waals surface area contributed by atoms with Crippen LogP contribution < -0.4 is 10.1 Å². The number of carbonyl (C=O) groups is 1. The third kappa shape index (κ3) is 3.96. The maximum absolute atomic E-state index is 13.2. The molecule has 0 aliphatic rings. The van der Waals surface area contributed by atoms with E-state index in [9.17, 15) is 4.79 Å². The van der Waals surface area contributed by atoms with Gasteiger partial charge in [-0.05, 0) is 55.0 Å². The van der Waals surface area contributed by atoms with E-state index >= 15 is 0 Å². The summed E-state index contributed by atoms with van der Waals surface area (Å²) < 4.78 is 5.95. The average Bonchev–Trinajstić information content (AvgIpc) is 3.25. The summed E-state index contributed by atoms with van der Waals surface area (Å²) in [5.41, 5.74) is 3.98. The molecule has 0 atom stereocenters. The van der Waals surface area contributed by atoms with E-state index in [1.54, 1.807) is 18.3 Å². The minimum atomic E-state index is -0.234. The number of para-hydroxylation sites is 2. The Labute approximate surface area is 189 Å². The van der Waals surface area contributed by atoms with Crippen molar-refractivity contribution < 1.29 is 9.53 Å². The van der Waals surface area contributed by atoms with Crippen LogP contribution in [0.4, 0.5) is 5.69 Å². The second-order valence-corrected chi connectivity index (χ2v) is 8.17. The lowest BCUT2D eigenvalue weighted by Crippen LogP contribution is -2.14. The van der Waals surface area contributed by atoms with Gasteiger partial charge in [0.05, 0.1) is 5.56 Å². The molecule has 2 heterocycles. The number of benzene rings is 3. The van der Waals surface area contributed by atoms with E-state index in [1.165, 1.54) is 11.3 Å². The standard InChI is InChI=1S/C26H19N3O2S/c1-17-19(25-29-22-14-8-16-27-26(22)32-25)12-7-13-21(17)28-24(30)20-11-5-6-15-23(20)31-18-9-3-2-4-10-18/h2-16H,1H3,(H,28,30). The van der Waals surface area contributed by atoms with Gasteiger partial charge < -0.3 is 10.1 Å². The maximum Gasteiger partial charge on any atom is 0.259 e. The minimum absolute atomic E-state index is 0.234. The molecule has 0 fully saturated rings. The van der Waals surface area contributed by atoms with Crippen LogP contribution in [-0.4, -0.2) is 15.9 Å². The number of fused-ring (bicyclic) bond motifs is 1. The average molecular weight is 438 g/mol. The molecule has 0 radical (unpaired) electrons. The molecule has 0 unspecified atom stereocenters. The molecule has 3 aromatic carbocycles. The van der Waals surface area contributed by atoms with Crippen LogP contribution in [0.5, 0.6) is 11.5 Å². The Morgan fingerprint density at radius 2 is 1.72 bits per heavy atom. The van der Waals surface area contributed by atoms with Crippen LogP contribution >= 0.6 is 11.3 Å². The van der Waals surface area contributed by atoms with Gasteiger partial charge in [-0.15, -0.1) is 0 Å². The summed E-state index contributed by atoms with van der Waals surface area (Å²) in [6, 6.07) is 26.3. The van der Waals surface area contributed by atoms with E-state index < -0.39 is 0 Å². The predicted octanol–water partition coefficient (Wildman–Crippen LogP) is 6.71. The number of amides is 1. The molecule has 6 heteroatoms. The summed E-state index contributed by atoms with van der Waals surface area (Å²) in [6.45, 7) is 1.98. The van der Waals surface area contributed by atoms with Gasteiger partial charge in [-0.2, -0.15) is 0 Å². The third-order valence-electron chi connectivity index (χ3n) is 5.08. The van der Waals surface area contributed by atoms with Crippen LogP contribution in [0.2, 0.25) is 0 Å². The highest BCUT2D eigenvalue weighted by molar-refractivity contribution is 7.21. The summed E-state index contributed by atoms with van der Waals surface area (Å²) in [5.74, 6) is 0.945. The molecule has 1 N–H and O–H groups in total. The lowest BCUT2D eigenvalue weighted by atomic mass is 10.1. The number of hydrogen-bond donors (Lipinski definition) is 1. The Bertz CT molecular complexity index is 1380. The fourth-order valence-corrected chi connectivity index (χ4v) is 4.43. The van der Waals surface area contributed by atoms with Gasteiger partial charge in [-0.1, -0.05) is 53.8 Å². The Hall–Kier alpha value is -4.03. The lowest BCUT2D eigenvalue weighted by molar-refractivity contribution is 0.102. The van der Waals surface area contributed by atoms with E-state index in [0.29, 0.717) is 17.1 Å². The number of nitrogens with zero attached hydrogens (tertiary/aromatic N) is 2. The van der Waals surface area contributed by atoms with Gasteiger partial charge in [-0.3, -0.25) is 4.79 Å². The number of pyridine rings is 1.